The number of urea groups is 1. The number of carbonyl (C=O) groups excluding carboxylic acids is 1. The number of hydrogen-bond acceptors (Lipinski definition) is 5. The van der Waals surface area contributed by atoms with Gasteiger partial charge >= 0.3 is 12.0 Å². The average Bonchev–Trinajstić information content (AvgIpc) is 2.95. The molecule has 1 saturated heterocycles. The molecule has 7 heteroatoms. The Hall–Kier alpha value is -2.70. The normalized spacial score (nSPS) is 15.0. The van der Waals surface area contributed by atoms with Crippen LogP contribution in [-0.2, 0) is 0 Å². The number of hydrogen-bond donors (Lipinski definition) is 1. The summed E-state index contributed by atoms with van der Waals surface area (Å²) in [5, 5.41) is 2.71. The van der Waals surface area contributed by atoms with Gasteiger partial charge in [-0.05, 0) is 32.9 Å². The zero-order chi connectivity index (χ0) is 18.5. The van der Waals surface area contributed by atoms with E-state index in [4.69, 9.17) is 13.9 Å². The van der Waals surface area contributed by atoms with E-state index in [1.807, 2.05) is 45.0 Å². The fraction of sp³-hybridized carbons (Fsp3) is 0.474. The molecule has 3 rings (SSSR count). The lowest BCUT2D eigenvalue weighted by molar-refractivity contribution is 0.111. The predicted octanol–water partition coefficient (Wildman–Crippen LogP) is 3.77. The molecule has 0 radical (unpaired) electrons. The van der Waals surface area contributed by atoms with Crippen LogP contribution >= 0.6 is 0 Å². The van der Waals surface area contributed by atoms with E-state index in [-0.39, 0.29) is 18.1 Å². The number of para-hydroxylation sites is 2. The van der Waals surface area contributed by atoms with Crippen LogP contribution in [0.3, 0.4) is 0 Å². The second-order valence-electron chi connectivity index (χ2n) is 6.27. The van der Waals surface area contributed by atoms with E-state index >= 15 is 0 Å². The molecule has 7 nitrogen and oxygen atoms in total. The molecule has 2 aromatic rings. The average molecular weight is 359 g/mol. The van der Waals surface area contributed by atoms with Gasteiger partial charge in [-0.3, -0.25) is 5.32 Å². The van der Waals surface area contributed by atoms with E-state index in [0.717, 1.165) is 30.0 Å². The molecular formula is C19H25N3O4. The van der Waals surface area contributed by atoms with Gasteiger partial charge in [0.1, 0.15) is 11.9 Å². The van der Waals surface area contributed by atoms with Crippen molar-refractivity contribution in [2.75, 3.05) is 25.0 Å². The van der Waals surface area contributed by atoms with E-state index in [2.05, 4.69) is 10.3 Å². The Bertz CT molecular complexity index is 731. The molecule has 0 aliphatic carbocycles. The maximum absolute atomic E-state index is 12.3. The van der Waals surface area contributed by atoms with Crippen LogP contribution in [0.4, 0.5) is 10.8 Å². The molecule has 0 unspecified atom stereocenters. The van der Waals surface area contributed by atoms with E-state index in [9.17, 15) is 4.79 Å². The monoisotopic (exact) mass is 359 g/mol. The van der Waals surface area contributed by atoms with Crippen LogP contribution < -0.4 is 14.8 Å². The minimum absolute atomic E-state index is 0.0619. The molecule has 0 atom stereocenters. The quantitative estimate of drug-likeness (QED) is 0.879. The Morgan fingerprint density at radius 3 is 2.58 bits per heavy atom. The summed E-state index contributed by atoms with van der Waals surface area (Å²) in [7, 11) is 0. The van der Waals surface area contributed by atoms with Crippen molar-refractivity contribution < 1.29 is 18.7 Å². The lowest BCUT2D eigenvalue weighted by Crippen LogP contribution is -2.43. The van der Waals surface area contributed by atoms with E-state index in [1.165, 1.54) is 0 Å². The van der Waals surface area contributed by atoms with Gasteiger partial charge in [0.25, 0.3) is 0 Å². The highest BCUT2D eigenvalue weighted by molar-refractivity contribution is 5.87. The van der Waals surface area contributed by atoms with Crippen molar-refractivity contribution in [2.45, 2.75) is 39.7 Å². The number of carbonyl (C=O) groups is 1. The van der Waals surface area contributed by atoms with E-state index < -0.39 is 0 Å². The highest BCUT2D eigenvalue weighted by atomic mass is 16.5. The Kier molecular flexibility index (Phi) is 5.65. The molecule has 1 aromatic carbocycles. The van der Waals surface area contributed by atoms with Crippen LogP contribution in [-0.4, -0.2) is 41.7 Å². The van der Waals surface area contributed by atoms with Gasteiger partial charge in [0.15, 0.2) is 11.5 Å². The molecule has 0 saturated carbocycles. The first-order valence-corrected chi connectivity index (χ1v) is 8.95. The van der Waals surface area contributed by atoms with Crippen molar-refractivity contribution >= 4 is 12.0 Å². The maximum Gasteiger partial charge on any atom is 0.325 e. The fourth-order valence-electron chi connectivity index (χ4n) is 2.88. The number of benzene rings is 1. The lowest BCUT2D eigenvalue weighted by Gasteiger charge is -2.32. The first-order chi connectivity index (χ1) is 12.6. The minimum Gasteiger partial charge on any atom is -0.490 e. The number of aryl methyl sites for hydroxylation is 2. The van der Waals surface area contributed by atoms with Crippen molar-refractivity contribution in [3.05, 3.63) is 35.7 Å². The number of ether oxygens (including phenoxy) is 2. The number of piperidine rings is 1. The molecule has 1 N–H and O–H groups in total. The van der Waals surface area contributed by atoms with Crippen molar-refractivity contribution in [3.8, 4) is 11.5 Å². The minimum atomic E-state index is -0.195. The highest BCUT2D eigenvalue weighted by Gasteiger charge is 2.25. The number of nitrogens with one attached hydrogen (secondary N) is 1. The Balaban J connectivity index is 1.52. The van der Waals surface area contributed by atoms with E-state index in [0.29, 0.717) is 25.5 Å². The summed E-state index contributed by atoms with van der Waals surface area (Å²) >= 11 is 0. The van der Waals surface area contributed by atoms with Gasteiger partial charge in [-0.25, -0.2) is 4.79 Å². The van der Waals surface area contributed by atoms with Gasteiger partial charge in [-0.2, -0.15) is 4.98 Å². The number of rotatable bonds is 5. The fourth-order valence-corrected chi connectivity index (χ4v) is 2.88. The summed E-state index contributed by atoms with van der Waals surface area (Å²) in [6, 6.07) is 7.73. The molecule has 2 heterocycles. The van der Waals surface area contributed by atoms with Crippen LogP contribution in [0.15, 0.2) is 28.7 Å². The molecule has 1 aliphatic rings. The van der Waals surface area contributed by atoms with Gasteiger partial charge in [-0.15, -0.1) is 0 Å². The summed E-state index contributed by atoms with van der Waals surface area (Å²) in [6.45, 7) is 7.44. The molecule has 1 aliphatic heterocycles. The van der Waals surface area contributed by atoms with E-state index in [1.54, 1.807) is 4.90 Å². The Morgan fingerprint density at radius 2 is 1.96 bits per heavy atom. The molecule has 1 aromatic heterocycles. The molecule has 0 bridgehead atoms. The summed E-state index contributed by atoms with van der Waals surface area (Å²) in [6.07, 6.45) is 1.58. The van der Waals surface area contributed by atoms with Gasteiger partial charge < -0.3 is 18.8 Å². The van der Waals surface area contributed by atoms with Crippen LogP contribution in [0.5, 0.6) is 11.5 Å². The third-order valence-corrected chi connectivity index (χ3v) is 4.41. The number of oxazole rings is 1. The third-order valence-electron chi connectivity index (χ3n) is 4.41. The lowest BCUT2D eigenvalue weighted by atomic mass is 10.1. The summed E-state index contributed by atoms with van der Waals surface area (Å²) in [5.41, 5.74) is 0.778. The smallest absolute Gasteiger partial charge is 0.325 e. The zero-order valence-corrected chi connectivity index (χ0v) is 15.4. The summed E-state index contributed by atoms with van der Waals surface area (Å²) in [4.78, 5) is 18.3. The Morgan fingerprint density at radius 1 is 1.27 bits per heavy atom. The number of anilines is 1. The van der Waals surface area contributed by atoms with Crippen molar-refractivity contribution in [2.24, 2.45) is 0 Å². The van der Waals surface area contributed by atoms with Crippen molar-refractivity contribution in [1.82, 2.24) is 9.88 Å². The molecule has 1 fully saturated rings. The molecule has 0 spiro atoms. The van der Waals surface area contributed by atoms with Crippen LogP contribution in [0.1, 0.15) is 31.2 Å². The predicted molar refractivity (Wildman–Crippen MR) is 97.8 cm³/mol. The first-order valence-electron chi connectivity index (χ1n) is 8.95. The van der Waals surface area contributed by atoms with Gasteiger partial charge in [0.05, 0.1) is 12.3 Å². The first kappa shape index (κ1) is 18.1. The maximum atomic E-state index is 12.3. The number of aromatic nitrogens is 1. The van der Waals surface area contributed by atoms with Gasteiger partial charge in [-0.1, -0.05) is 12.1 Å². The van der Waals surface area contributed by atoms with Crippen LogP contribution in [0, 0.1) is 13.8 Å². The number of amides is 2. The third kappa shape index (κ3) is 4.28. The van der Waals surface area contributed by atoms with Crippen molar-refractivity contribution in [1.29, 1.82) is 0 Å². The largest absolute Gasteiger partial charge is 0.490 e. The number of nitrogens with zero attached hydrogens (tertiary/aromatic N) is 2. The summed E-state index contributed by atoms with van der Waals surface area (Å²) < 4.78 is 17.1. The van der Waals surface area contributed by atoms with Crippen LogP contribution in [0.25, 0.3) is 0 Å². The van der Waals surface area contributed by atoms with Gasteiger partial charge in [0.2, 0.25) is 0 Å². The molecule has 2 amide bonds. The number of likely N-dealkylation sites (tertiary alicyclic amines) is 1. The molecule has 140 valence electrons. The highest BCUT2D eigenvalue weighted by Crippen LogP contribution is 2.29. The summed E-state index contributed by atoms with van der Waals surface area (Å²) in [5.74, 6) is 2.22. The second kappa shape index (κ2) is 8.12. The Labute approximate surface area is 153 Å². The SMILES string of the molecule is CCOc1ccccc1OC1CCN(C(=O)Nc2nc(C)c(C)o2)CC1. The zero-order valence-electron chi connectivity index (χ0n) is 15.4. The second-order valence-corrected chi connectivity index (χ2v) is 6.27. The topological polar surface area (TPSA) is 76.8 Å². The van der Waals surface area contributed by atoms with Gasteiger partial charge in [0, 0.05) is 25.9 Å². The van der Waals surface area contributed by atoms with Crippen LogP contribution in [0.2, 0.25) is 0 Å². The van der Waals surface area contributed by atoms with Crippen molar-refractivity contribution in [3.63, 3.8) is 0 Å². The molecular weight excluding hydrogens is 334 g/mol. The standard InChI is InChI=1S/C19H25N3O4/c1-4-24-16-7-5-6-8-17(16)26-15-9-11-22(12-10-15)19(23)21-18-20-13(2)14(3)25-18/h5-8,15H,4,9-12H2,1-3H3,(H,20,21,23). The molecule has 26 heavy (non-hydrogen) atoms.